The smallest absolute Gasteiger partial charge is 0.326 e. The van der Waals surface area contributed by atoms with Crippen LogP contribution in [0.1, 0.15) is 41.2 Å². The van der Waals surface area contributed by atoms with Crippen LogP contribution < -0.4 is 10.5 Å². The van der Waals surface area contributed by atoms with Crippen molar-refractivity contribution in [2.75, 3.05) is 13.1 Å². The van der Waals surface area contributed by atoms with Gasteiger partial charge in [-0.1, -0.05) is 66.2 Å². The molecular formula is C33H37N5O5S. The highest BCUT2D eigenvalue weighted by atomic mass is 32.2. The Balaban J connectivity index is 1.42. The van der Waals surface area contributed by atoms with Gasteiger partial charge in [0.15, 0.2) is 0 Å². The number of sulfonamides is 1. The molecule has 5 N–H and O–H groups in total. The number of carboxylic acids is 1. The van der Waals surface area contributed by atoms with Crippen LogP contribution in [0.3, 0.4) is 0 Å². The van der Waals surface area contributed by atoms with Gasteiger partial charge >= 0.3 is 5.97 Å². The lowest BCUT2D eigenvalue weighted by Gasteiger charge is -2.34. The highest BCUT2D eigenvalue weighted by Crippen LogP contribution is 2.25. The van der Waals surface area contributed by atoms with Crippen LogP contribution in [0.2, 0.25) is 0 Å². The fourth-order valence-electron chi connectivity index (χ4n) is 5.82. The van der Waals surface area contributed by atoms with Gasteiger partial charge in [0.05, 0.1) is 4.90 Å². The molecule has 10 nitrogen and oxygen atoms in total. The Morgan fingerprint density at radius 3 is 2.52 bits per heavy atom. The van der Waals surface area contributed by atoms with E-state index in [1.807, 2.05) is 31.2 Å². The second-order valence-corrected chi connectivity index (χ2v) is 13.2. The minimum atomic E-state index is -4.19. The predicted octanol–water partition coefficient (Wildman–Crippen LogP) is 3.05. The second-order valence-electron chi connectivity index (χ2n) is 11.5. The minimum absolute atomic E-state index is 0.0391. The molecule has 5 rings (SSSR count). The van der Waals surface area contributed by atoms with Crippen LogP contribution >= 0.6 is 0 Å². The molecule has 2 aliphatic heterocycles. The fourth-order valence-corrected chi connectivity index (χ4v) is 7.06. The highest BCUT2D eigenvalue weighted by Gasteiger charge is 2.37. The van der Waals surface area contributed by atoms with Crippen LogP contribution in [-0.4, -0.2) is 66.2 Å². The van der Waals surface area contributed by atoms with E-state index < -0.39 is 34.0 Å². The van der Waals surface area contributed by atoms with Gasteiger partial charge in [0, 0.05) is 31.7 Å². The van der Waals surface area contributed by atoms with Crippen molar-refractivity contribution >= 4 is 27.7 Å². The third-order valence-electron chi connectivity index (χ3n) is 8.20. The van der Waals surface area contributed by atoms with E-state index in [1.165, 1.54) is 10.5 Å². The van der Waals surface area contributed by atoms with E-state index in [1.54, 1.807) is 42.5 Å². The van der Waals surface area contributed by atoms with Gasteiger partial charge < -0.3 is 15.7 Å². The lowest BCUT2D eigenvalue weighted by atomic mass is 9.98. The van der Waals surface area contributed by atoms with Gasteiger partial charge in [-0.05, 0) is 66.6 Å². The molecular weight excluding hydrogens is 578 g/mol. The van der Waals surface area contributed by atoms with E-state index >= 15 is 0 Å². The summed E-state index contributed by atoms with van der Waals surface area (Å²) in [6.45, 7) is 4.07. The molecule has 3 aromatic carbocycles. The third-order valence-corrected chi connectivity index (χ3v) is 9.67. The molecule has 3 aromatic rings. The molecule has 1 unspecified atom stereocenters. The van der Waals surface area contributed by atoms with Crippen LogP contribution in [0.15, 0.2) is 89.3 Å². The van der Waals surface area contributed by atoms with E-state index in [0.29, 0.717) is 17.7 Å². The Kier molecular flexibility index (Phi) is 9.28. The third kappa shape index (κ3) is 7.24. The van der Waals surface area contributed by atoms with Crippen molar-refractivity contribution in [1.82, 2.24) is 14.5 Å². The number of hydrogen-bond donors (Lipinski definition) is 4. The molecule has 1 amide bonds. The van der Waals surface area contributed by atoms with Crippen molar-refractivity contribution in [3.63, 3.8) is 0 Å². The average Bonchev–Trinajstić information content (AvgIpc) is 3.00. The van der Waals surface area contributed by atoms with Crippen molar-refractivity contribution in [1.29, 1.82) is 5.41 Å². The summed E-state index contributed by atoms with van der Waals surface area (Å²) in [5, 5.41) is 17.7. The van der Waals surface area contributed by atoms with Gasteiger partial charge in [0.1, 0.15) is 17.9 Å². The summed E-state index contributed by atoms with van der Waals surface area (Å²) < 4.78 is 30.3. The first-order valence-electron chi connectivity index (χ1n) is 14.5. The number of nitrogens with zero attached hydrogens (tertiary/aromatic N) is 2. The van der Waals surface area contributed by atoms with Gasteiger partial charge in [-0.2, -0.15) is 4.72 Å². The van der Waals surface area contributed by atoms with E-state index in [9.17, 15) is 23.1 Å². The number of carboxylic acid groups (broad SMARTS) is 1. The fraction of sp³-hybridized carbons (Fsp3) is 0.303. The molecule has 0 saturated carbocycles. The number of carbonyl (C=O) groups is 2. The van der Waals surface area contributed by atoms with Crippen LogP contribution in [0.5, 0.6) is 0 Å². The summed E-state index contributed by atoms with van der Waals surface area (Å²) in [5.74, 6) is -1.95. The zero-order valence-electron chi connectivity index (χ0n) is 24.6. The van der Waals surface area contributed by atoms with Crippen LogP contribution in [0.25, 0.3) is 0 Å². The molecule has 2 heterocycles. The first-order valence-corrected chi connectivity index (χ1v) is 16.0. The van der Waals surface area contributed by atoms with Gasteiger partial charge in [-0.3, -0.25) is 15.1 Å². The lowest BCUT2D eigenvalue weighted by Crippen LogP contribution is -2.55. The zero-order valence-corrected chi connectivity index (χ0v) is 25.4. The Labute approximate surface area is 257 Å². The number of rotatable bonds is 10. The maximum atomic E-state index is 13.9. The summed E-state index contributed by atoms with van der Waals surface area (Å²) in [5.41, 5.74) is 10.7. The summed E-state index contributed by atoms with van der Waals surface area (Å²) in [6, 6.07) is 19.4. The van der Waals surface area contributed by atoms with E-state index in [-0.39, 0.29) is 30.1 Å². The van der Waals surface area contributed by atoms with Gasteiger partial charge in [-0.15, -0.1) is 0 Å². The minimum Gasteiger partial charge on any atom is -0.480 e. The van der Waals surface area contributed by atoms with Crippen molar-refractivity contribution in [2.24, 2.45) is 5.73 Å². The number of aliphatic carboxylic acids is 1. The molecule has 0 radical (unpaired) electrons. The Morgan fingerprint density at radius 1 is 1.05 bits per heavy atom. The zero-order chi connectivity index (χ0) is 31.4. The molecule has 0 spiro atoms. The normalized spacial score (nSPS) is 17.8. The first-order chi connectivity index (χ1) is 21.0. The van der Waals surface area contributed by atoms with Crippen molar-refractivity contribution in [2.45, 2.75) is 56.3 Å². The molecule has 0 saturated heterocycles. The monoisotopic (exact) mass is 615 g/mol. The summed E-state index contributed by atoms with van der Waals surface area (Å²) in [4.78, 5) is 29.6. The van der Waals surface area contributed by atoms with Crippen molar-refractivity contribution in [3.05, 3.63) is 112 Å². The molecule has 0 fully saturated rings. The highest BCUT2D eigenvalue weighted by molar-refractivity contribution is 7.89. The molecule has 230 valence electrons. The number of hydrogen-bond acceptors (Lipinski definition) is 6. The Morgan fingerprint density at radius 2 is 1.80 bits per heavy atom. The van der Waals surface area contributed by atoms with Crippen LogP contribution in [-0.2, 0) is 45.5 Å². The Bertz CT molecular complexity index is 1710. The van der Waals surface area contributed by atoms with E-state index in [2.05, 4.69) is 21.8 Å². The quantitative estimate of drug-likeness (QED) is 0.155. The summed E-state index contributed by atoms with van der Waals surface area (Å²) in [6.07, 6.45) is 2.68. The number of nitrogens with one attached hydrogen (secondary N) is 2. The molecule has 0 aliphatic carbocycles. The molecule has 44 heavy (non-hydrogen) atoms. The first kappa shape index (κ1) is 31.1. The molecule has 0 bridgehead atoms. The van der Waals surface area contributed by atoms with E-state index in [4.69, 9.17) is 11.1 Å². The molecule has 2 atom stereocenters. The van der Waals surface area contributed by atoms with Crippen LogP contribution in [0, 0.1) is 5.41 Å². The standard InChI is InChI=1S/C33H37N5O5S/c1-22-12-15-38(30(16-22)33(40)41)32(39)29(18-24-8-5-9-26(17-24)31(34)35)36-44(42,43)28-11-10-25-13-14-37(21-27(25)19-28)20-23-6-3-2-4-7-23/h2-12,17,19,29-30,36H,13-16,18,20-21H2,1H3,(H3,34,35)(H,40,41)/t29-,30?/m0/s1. The summed E-state index contributed by atoms with van der Waals surface area (Å²) >= 11 is 0. The van der Waals surface area contributed by atoms with Gasteiger partial charge in [0.25, 0.3) is 0 Å². The van der Waals surface area contributed by atoms with E-state index in [0.717, 1.165) is 36.2 Å². The second kappa shape index (κ2) is 13.1. The number of fused-ring (bicyclic) bond motifs is 1. The average molecular weight is 616 g/mol. The number of amides is 1. The largest absolute Gasteiger partial charge is 0.480 e. The van der Waals surface area contributed by atoms with Crippen LogP contribution in [0.4, 0.5) is 0 Å². The SMILES string of the molecule is CC1=CCN(C(=O)[C@H](Cc2cccc(C(=N)N)c2)NS(=O)(=O)c2ccc3c(c2)CN(Cc2ccccc2)CC3)C(C(=O)O)C1. The maximum absolute atomic E-state index is 13.9. The molecule has 11 heteroatoms. The maximum Gasteiger partial charge on any atom is 0.326 e. The number of benzene rings is 3. The number of carbonyl (C=O) groups excluding carboxylic acids is 1. The van der Waals surface area contributed by atoms with Crippen molar-refractivity contribution in [3.8, 4) is 0 Å². The van der Waals surface area contributed by atoms with Crippen molar-refractivity contribution < 1.29 is 23.1 Å². The molecule has 2 aliphatic rings. The summed E-state index contributed by atoms with van der Waals surface area (Å²) in [7, 11) is -4.19. The topological polar surface area (TPSA) is 157 Å². The number of nitrogens with two attached hydrogens (primary N) is 1. The lowest BCUT2D eigenvalue weighted by molar-refractivity contribution is -0.150. The number of nitrogen functional groups attached to an aromatic ring is 1. The Hall–Kier alpha value is -4.32. The number of amidine groups is 1. The van der Waals surface area contributed by atoms with Gasteiger partial charge in [-0.25, -0.2) is 13.2 Å². The predicted molar refractivity (Wildman–Crippen MR) is 167 cm³/mol. The molecule has 0 aromatic heterocycles. The van der Waals surface area contributed by atoms with Gasteiger partial charge in [0.2, 0.25) is 15.9 Å².